The van der Waals surface area contributed by atoms with Crippen LogP contribution in [-0.2, 0) is 11.2 Å². The molecular weight excluding hydrogens is 207 g/mol. The largest absolute Gasteiger partial charge is 0.481 e. The highest BCUT2D eigenvalue weighted by Gasteiger charge is 2.44. The minimum absolute atomic E-state index is 0.235. The normalized spacial score (nSPS) is 17.9. The molecule has 0 unspecified atom stereocenters. The van der Waals surface area contributed by atoms with Gasteiger partial charge < -0.3 is 5.11 Å². The molecule has 2 rings (SSSR count). The minimum Gasteiger partial charge on any atom is -0.481 e. The Balaban J connectivity index is 2.20. The van der Waals surface area contributed by atoms with Gasteiger partial charge in [0.25, 0.3) is 0 Å². The third-order valence-electron chi connectivity index (χ3n) is 3.53. The molecule has 1 fully saturated rings. The van der Waals surface area contributed by atoms with Gasteiger partial charge >= 0.3 is 5.97 Å². The monoisotopic (exact) mass is 222 g/mol. The second-order valence-electron chi connectivity index (χ2n) is 4.70. The molecule has 0 heterocycles. The molecule has 1 aliphatic rings. The molecule has 0 aliphatic heterocycles. The minimum atomic E-state index is -0.722. The van der Waals surface area contributed by atoms with E-state index in [1.165, 1.54) is 6.07 Å². The van der Waals surface area contributed by atoms with Crippen molar-refractivity contribution in [2.45, 2.75) is 32.6 Å². The second kappa shape index (κ2) is 3.89. The molecule has 1 saturated carbocycles. The van der Waals surface area contributed by atoms with Crippen molar-refractivity contribution < 1.29 is 14.3 Å². The Hall–Kier alpha value is -1.38. The molecule has 16 heavy (non-hydrogen) atoms. The van der Waals surface area contributed by atoms with Crippen molar-refractivity contribution in [2.75, 3.05) is 0 Å². The van der Waals surface area contributed by atoms with E-state index in [0.29, 0.717) is 12.0 Å². The van der Waals surface area contributed by atoms with Crippen molar-refractivity contribution in [3.63, 3.8) is 0 Å². The van der Waals surface area contributed by atoms with E-state index in [2.05, 4.69) is 0 Å². The molecule has 1 aromatic rings. The third kappa shape index (κ3) is 1.82. The Labute approximate surface area is 94.1 Å². The van der Waals surface area contributed by atoms with E-state index < -0.39 is 11.4 Å². The van der Waals surface area contributed by atoms with Gasteiger partial charge in [0.2, 0.25) is 0 Å². The highest BCUT2D eigenvalue weighted by Crippen LogP contribution is 2.44. The molecule has 2 nitrogen and oxygen atoms in total. The summed E-state index contributed by atoms with van der Waals surface area (Å²) in [7, 11) is 0. The summed E-state index contributed by atoms with van der Waals surface area (Å²) in [6.07, 6.45) is 2.97. The standard InChI is InChI=1S/C13H15FO2/c1-9-7-10(3-4-11(9)14)8-13(12(15)16)5-2-6-13/h3-4,7H,2,5-6,8H2,1H3,(H,15,16). The zero-order valence-electron chi connectivity index (χ0n) is 9.29. The number of aliphatic carboxylic acids is 1. The quantitative estimate of drug-likeness (QED) is 0.853. The number of rotatable bonds is 3. The van der Waals surface area contributed by atoms with Crippen molar-refractivity contribution in [3.05, 3.63) is 35.1 Å². The summed E-state index contributed by atoms with van der Waals surface area (Å²) in [6.45, 7) is 1.70. The van der Waals surface area contributed by atoms with Crippen molar-refractivity contribution in [1.82, 2.24) is 0 Å². The zero-order chi connectivity index (χ0) is 11.8. The maximum absolute atomic E-state index is 13.1. The van der Waals surface area contributed by atoms with E-state index in [1.54, 1.807) is 19.1 Å². The number of aryl methyl sites for hydroxylation is 1. The lowest BCUT2D eigenvalue weighted by atomic mass is 9.65. The summed E-state index contributed by atoms with van der Waals surface area (Å²) >= 11 is 0. The zero-order valence-corrected chi connectivity index (χ0v) is 9.29. The Morgan fingerprint density at radius 2 is 2.19 bits per heavy atom. The molecule has 0 radical (unpaired) electrons. The van der Waals surface area contributed by atoms with Crippen LogP contribution in [0.3, 0.4) is 0 Å². The fourth-order valence-electron chi connectivity index (χ4n) is 2.28. The lowest BCUT2D eigenvalue weighted by molar-refractivity contribution is -0.154. The van der Waals surface area contributed by atoms with Crippen molar-refractivity contribution in [2.24, 2.45) is 5.41 Å². The molecule has 86 valence electrons. The van der Waals surface area contributed by atoms with Gasteiger partial charge in [-0.15, -0.1) is 0 Å². The number of hydrogen-bond acceptors (Lipinski definition) is 1. The number of hydrogen-bond donors (Lipinski definition) is 1. The molecule has 1 aromatic carbocycles. The van der Waals surface area contributed by atoms with E-state index in [4.69, 9.17) is 0 Å². The lowest BCUT2D eigenvalue weighted by Gasteiger charge is -2.37. The summed E-state index contributed by atoms with van der Waals surface area (Å²) in [6, 6.07) is 4.85. The summed E-state index contributed by atoms with van der Waals surface area (Å²) in [5, 5.41) is 9.19. The Bertz CT molecular complexity index is 422. The average molecular weight is 222 g/mol. The molecule has 0 atom stereocenters. The van der Waals surface area contributed by atoms with Crippen molar-refractivity contribution in [3.8, 4) is 0 Å². The van der Waals surface area contributed by atoms with Crippen LogP contribution in [0.2, 0.25) is 0 Å². The van der Waals surface area contributed by atoms with Crippen LogP contribution in [0.1, 0.15) is 30.4 Å². The SMILES string of the molecule is Cc1cc(CC2(C(=O)O)CCC2)ccc1F. The number of carbonyl (C=O) groups is 1. The summed E-state index contributed by atoms with van der Waals surface area (Å²) in [5.74, 6) is -0.956. The first-order chi connectivity index (χ1) is 7.53. The lowest BCUT2D eigenvalue weighted by Crippen LogP contribution is -2.39. The predicted molar refractivity (Wildman–Crippen MR) is 58.8 cm³/mol. The molecule has 0 aromatic heterocycles. The number of benzene rings is 1. The smallest absolute Gasteiger partial charge is 0.309 e. The van der Waals surface area contributed by atoms with E-state index in [9.17, 15) is 14.3 Å². The first-order valence-electron chi connectivity index (χ1n) is 5.52. The summed E-state index contributed by atoms with van der Waals surface area (Å²) in [5.41, 5.74) is 0.905. The van der Waals surface area contributed by atoms with Gasteiger partial charge in [-0.1, -0.05) is 18.6 Å². The maximum Gasteiger partial charge on any atom is 0.309 e. The Kier molecular flexibility index (Phi) is 2.70. The molecular formula is C13H15FO2. The average Bonchev–Trinajstić information content (AvgIpc) is 2.16. The molecule has 1 aliphatic carbocycles. The number of carboxylic acids is 1. The molecule has 0 amide bonds. The van der Waals surface area contributed by atoms with Crippen molar-refractivity contribution in [1.29, 1.82) is 0 Å². The predicted octanol–water partition coefficient (Wildman–Crippen LogP) is 2.93. The highest BCUT2D eigenvalue weighted by atomic mass is 19.1. The molecule has 3 heteroatoms. The Morgan fingerprint density at radius 1 is 1.50 bits per heavy atom. The van der Waals surface area contributed by atoms with E-state index >= 15 is 0 Å². The van der Waals surface area contributed by atoms with E-state index in [1.807, 2.05) is 0 Å². The first-order valence-corrected chi connectivity index (χ1v) is 5.52. The third-order valence-corrected chi connectivity index (χ3v) is 3.53. The van der Waals surface area contributed by atoms with Crippen LogP contribution in [0.25, 0.3) is 0 Å². The summed E-state index contributed by atoms with van der Waals surface area (Å²) in [4.78, 5) is 11.2. The van der Waals surface area contributed by atoms with E-state index in [-0.39, 0.29) is 5.82 Å². The van der Waals surface area contributed by atoms with Crippen LogP contribution < -0.4 is 0 Å². The molecule has 0 bridgehead atoms. The Morgan fingerprint density at radius 3 is 2.62 bits per heavy atom. The number of halogens is 1. The molecule has 0 spiro atoms. The van der Waals surface area contributed by atoms with Gasteiger partial charge in [0, 0.05) is 0 Å². The first kappa shape index (κ1) is 11.1. The van der Waals surface area contributed by atoms with Gasteiger partial charge in [0.1, 0.15) is 5.82 Å². The van der Waals surface area contributed by atoms with Gasteiger partial charge in [-0.25, -0.2) is 4.39 Å². The molecule has 1 N–H and O–H groups in total. The van der Waals surface area contributed by atoms with Crippen LogP contribution in [0.5, 0.6) is 0 Å². The van der Waals surface area contributed by atoms with E-state index in [0.717, 1.165) is 24.8 Å². The van der Waals surface area contributed by atoms with Crippen LogP contribution >= 0.6 is 0 Å². The highest BCUT2D eigenvalue weighted by molar-refractivity contribution is 5.76. The second-order valence-corrected chi connectivity index (χ2v) is 4.70. The number of carboxylic acid groups (broad SMARTS) is 1. The van der Waals surface area contributed by atoms with Crippen LogP contribution in [-0.4, -0.2) is 11.1 Å². The van der Waals surface area contributed by atoms with Gasteiger partial charge in [-0.2, -0.15) is 0 Å². The molecule has 0 saturated heterocycles. The summed E-state index contributed by atoms with van der Waals surface area (Å²) < 4.78 is 13.1. The topological polar surface area (TPSA) is 37.3 Å². The van der Waals surface area contributed by atoms with Crippen LogP contribution in [0.4, 0.5) is 4.39 Å². The van der Waals surface area contributed by atoms with Crippen LogP contribution in [0, 0.1) is 18.2 Å². The maximum atomic E-state index is 13.1. The fraction of sp³-hybridized carbons (Fsp3) is 0.462. The van der Waals surface area contributed by atoms with Gasteiger partial charge in [-0.3, -0.25) is 4.79 Å². The van der Waals surface area contributed by atoms with Gasteiger partial charge in [0.15, 0.2) is 0 Å². The van der Waals surface area contributed by atoms with Gasteiger partial charge in [-0.05, 0) is 43.4 Å². The van der Waals surface area contributed by atoms with Gasteiger partial charge in [0.05, 0.1) is 5.41 Å². The van der Waals surface area contributed by atoms with Crippen molar-refractivity contribution >= 4 is 5.97 Å². The van der Waals surface area contributed by atoms with Crippen LogP contribution in [0.15, 0.2) is 18.2 Å². The fourth-order valence-corrected chi connectivity index (χ4v) is 2.28.